The second-order valence-corrected chi connectivity index (χ2v) is 9.13. The Morgan fingerprint density at radius 3 is 2.50 bits per heavy atom. The van der Waals surface area contributed by atoms with Gasteiger partial charge in [0.1, 0.15) is 59.1 Å². The third kappa shape index (κ3) is 6.92. The molecule has 1 aliphatic heterocycles. The minimum atomic E-state index is -1.65. The first-order valence-electron chi connectivity index (χ1n) is 10.9. The van der Waals surface area contributed by atoms with Crippen LogP contribution in [0.25, 0.3) is 0 Å². The molecule has 0 aromatic carbocycles. The maximum Gasteiger partial charge on any atom is 0.341 e. The maximum atomic E-state index is 12.6. The van der Waals surface area contributed by atoms with Crippen molar-refractivity contribution in [1.82, 2.24) is 5.32 Å². The van der Waals surface area contributed by atoms with Crippen LogP contribution in [-0.4, -0.2) is 104 Å². The minimum Gasteiger partial charge on any atom is -0.463 e. The number of carbonyl (C=O) groups is 2. The fourth-order valence-electron chi connectivity index (χ4n) is 3.39. The number of aliphatic hydroxyl groups is 6. The number of hydrogen-bond acceptors (Lipinski definition) is 12. The van der Waals surface area contributed by atoms with Gasteiger partial charge in [0.25, 0.3) is 0 Å². The summed E-state index contributed by atoms with van der Waals surface area (Å²) in [5.41, 5.74) is -0.769. The summed E-state index contributed by atoms with van der Waals surface area (Å²) in [5, 5.41) is 61.8. The summed E-state index contributed by atoms with van der Waals surface area (Å²) >= 11 is 1.06. The van der Waals surface area contributed by atoms with Gasteiger partial charge >= 0.3 is 5.97 Å². The van der Waals surface area contributed by atoms with Crippen molar-refractivity contribution in [1.29, 1.82) is 0 Å². The molecule has 2 heterocycles. The van der Waals surface area contributed by atoms with Gasteiger partial charge in [0.15, 0.2) is 0 Å². The Hall–Kier alpha value is -1.71. The SMILES string of the molecule is CCOC(=O)c1cc([C@H](NC(=O)CCS[C@@H]2O[C@@H](C)[C@@H](O)[C@@H](O)[C@@H]2O)[C@H](O)[C@H](O)CO)oc1C. The Morgan fingerprint density at radius 2 is 1.88 bits per heavy atom. The molecule has 1 fully saturated rings. The van der Waals surface area contributed by atoms with Crippen molar-refractivity contribution in [3.8, 4) is 0 Å². The third-order valence-electron chi connectivity index (χ3n) is 5.40. The Balaban J connectivity index is 2.05. The zero-order valence-electron chi connectivity index (χ0n) is 19.2. The number of furan rings is 1. The summed E-state index contributed by atoms with van der Waals surface area (Å²) in [6, 6.07) is 0.00994. The molecular weight excluding hydrogens is 474 g/mol. The van der Waals surface area contributed by atoms with Gasteiger partial charge in [-0.15, -0.1) is 11.8 Å². The van der Waals surface area contributed by atoms with Crippen molar-refractivity contribution in [3.05, 3.63) is 23.2 Å². The normalized spacial score (nSPS) is 27.6. The van der Waals surface area contributed by atoms with E-state index in [1.165, 1.54) is 13.0 Å². The standard InChI is InChI=1S/C21H33NO11S/c1-4-31-20(30)11-7-13(32-9(11)2)15(17(27)12(24)8-23)22-14(25)5-6-34-21-19(29)18(28)16(26)10(3)33-21/h7,10,12,15-19,21,23-24,26-29H,4-6,8H2,1-3H3,(H,22,25)/t10-,12+,15-,16+,17+,18+,19-,21-/m0/s1. The molecule has 2 rings (SSSR count). The van der Waals surface area contributed by atoms with Gasteiger partial charge in [0.2, 0.25) is 5.91 Å². The number of ether oxygens (including phenoxy) is 2. The van der Waals surface area contributed by atoms with E-state index in [9.17, 15) is 40.2 Å². The van der Waals surface area contributed by atoms with Crippen molar-refractivity contribution in [2.75, 3.05) is 19.0 Å². The number of aliphatic hydroxyl groups excluding tert-OH is 6. The molecule has 0 unspecified atom stereocenters. The predicted octanol–water partition coefficient (Wildman–Crippen LogP) is -1.41. The molecule has 194 valence electrons. The van der Waals surface area contributed by atoms with Crippen LogP contribution in [0, 0.1) is 6.92 Å². The molecular formula is C21H33NO11S. The number of hydrogen-bond donors (Lipinski definition) is 7. The van der Waals surface area contributed by atoms with Gasteiger partial charge in [-0.25, -0.2) is 4.79 Å². The zero-order valence-corrected chi connectivity index (χ0v) is 20.0. The lowest BCUT2D eigenvalue weighted by molar-refractivity contribution is -0.192. The van der Waals surface area contributed by atoms with Gasteiger partial charge in [-0.05, 0) is 26.8 Å². The second kappa shape index (κ2) is 12.8. The Kier molecular flexibility index (Phi) is 10.8. The fraction of sp³-hybridized carbons (Fsp3) is 0.714. The van der Waals surface area contributed by atoms with Crippen LogP contribution in [0.4, 0.5) is 0 Å². The molecule has 0 spiro atoms. The molecule has 13 heteroatoms. The van der Waals surface area contributed by atoms with Crippen LogP contribution in [0.5, 0.6) is 0 Å². The van der Waals surface area contributed by atoms with Gasteiger partial charge in [-0.1, -0.05) is 0 Å². The number of nitrogens with one attached hydrogen (secondary N) is 1. The Labute approximate surface area is 200 Å². The van der Waals surface area contributed by atoms with Crippen LogP contribution in [0.1, 0.15) is 48.2 Å². The fourth-order valence-corrected chi connectivity index (χ4v) is 4.54. The molecule has 1 aromatic heterocycles. The van der Waals surface area contributed by atoms with Crippen molar-refractivity contribution < 1.29 is 54.1 Å². The number of aryl methyl sites for hydroxylation is 1. The molecule has 1 aromatic rings. The van der Waals surface area contributed by atoms with Gasteiger partial charge in [-0.3, -0.25) is 4.79 Å². The van der Waals surface area contributed by atoms with E-state index in [-0.39, 0.29) is 35.9 Å². The number of esters is 1. The van der Waals surface area contributed by atoms with E-state index in [0.29, 0.717) is 0 Å². The van der Waals surface area contributed by atoms with Crippen LogP contribution >= 0.6 is 11.8 Å². The lowest BCUT2D eigenvalue weighted by Crippen LogP contribution is -2.55. The molecule has 0 radical (unpaired) electrons. The zero-order chi connectivity index (χ0) is 25.6. The first-order chi connectivity index (χ1) is 16.0. The van der Waals surface area contributed by atoms with E-state index in [1.807, 2.05) is 0 Å². The van der Waals surface area contributed by atoms with Crippen LogP contribution in [-0.2, 0) is 14.3 Å². The minimum absolute atomic E-state index is 0.0153. The molecule has 0 bridgehead atoms. The topological polar surface area (TPSA) is 199 Å². The summed E-state index contributed by atoms with van der Waals surface area (Å²) in [5.74, 6) is -0.890. The van der Waals surface area contributed by atoms with Gasteiger partial charge in [0, 0.05) is 12.2 Å². The molecule has 12 nitrogen and oxygen atoms in total. The second-order valence-electron chi connectivity index (χ2n) is 7.93. The smallest absolute Gasteiger partial charge is 0.341 e. The van der Waals surface area contributed by atoms with E-state index < -0.39 is 66.6 Å². The van der Waals surface area contributed by atoms with E-state index >= 15 is 0 Å². The average molecular weight is 508 g/mol. The van der Waals surface area contributed by atoms with Gasteiger partial charge in [0.05, 0.1) is 19.3 Å². The number of amides is 1. The third-order valence-corrected chi connectivity index (χ3v) is 6.56. The lowest BCUT2D eigenvalue weighted by Gasteiger charge is -2.39. The molecule has 0 saturated carbocycles. The van der Waals surface area contributed by atoms with Crippen LogP contribution in [0.15, 0.2) is 10.5 Å². The quantitative estimate of drug-likeness (QED) is 0.173. The molecule has 8 atom stereocenters. The molecule has 1 amide bonds. The lowest BCUT2D eigenvalue weighted by atomic mass is 10.0. The van der Waals surface area contributed by atoms with Crippen molar-refractivity contribution in [3.63, 3.8) is 0 Å². The highest BCUT2D eigenvalue weighted by atomic mass is 32.2. The van der Waals surface area contributed by atoms with E-state index in [0.717, 1.165) is 11.8 Å². The molecule has 0 aliphatic carbocycles. The molecule has 7 N–H and O–H groups in total. The largest absolute Gasteiger partial charge is 0.463 e. The predicted molar refractivity (Wildman–Crippen MR) is 119 cm³/mol. The highest BCUT2D eigenvalue weighted by Crippen LogP contribution is 2.29. The van der Waals surface area contributed by atoms with Crippen molar-refractivity contribution >= 4 is 23.6 Å². The van der Waals surface area contributed by atoms with Crippen molar-refractivity contribution in [2.45, 2.75) is 75.3 Å². The van der Waals surface area contributed by atoms with E-state index in [2.05, 4.69) is 5.32 Å². The van der Waals surface area contributed by atoms with E-state index in [4.69, 9.17) is 13.9 Å². The summed E-state index contributed by atoms with van der Waals surface area (Å²) in [6.07, 6.45) is -8.02. The number of carbonyl (C=O) groups excluding carboxylic acids is 2. The monoisotopic (exact) mass is 507 g/mol. The maximum absolute atomic E-state index is 12.6. The summed E-state index contributed by atoms with van der Waals surface area (Å²) in [6.45, 7) is 4.04. The summed E-state index contributed by atoms with van der Waals surface area (Å²) in [7, 11) is 0. The average Bonchev–Trinajstić information content (AvgIpc) is 3.19. The van der Waals surface area contributed by atoms with Crippen molar-refractivity contribution in [2.24, 2.45) is 0 Å². The van der Waals surface area contributed by atoms with Gasteiger partial charge < -0.3 is 49.8 Å². The Bertz CT molecular complexity index is 819. The van der Waals surface area contributed by atoms with Crippen LogP contribution in [0.2, 0.25) is 0 Å². The summed E-state index contributed by atoms with van der Waals surface area (Å²) in [4.78, 5) is 24.6. The van der Waals surface area contributed by atoms with Gasteiger partial charge in [-0.2, -0.15) is 0 Å². The first kappa shape index (κ1) is 28.5. The van der Waals surface area contributed by atoms with E-state index in [1.54, 1.807) is 13.8 Å². The number of rotatable bonds is 11. The molecule has 1 saturated heterocycles. The number of thioether (sulfide) groups is 1. The first-order valence-corrected chi connectivity index (χ1v) is 11.9. The molecule has 1 aliphatic rings. The van der Waals surface area contributed by atoms with Crippen LogP contribution in [0.3, 0.4) is 0 Å². The molecule has 34 heavy (non-hydrogen) atoms. The van der Waals surface area contributed by atoms with Crippen LogP contribution < -0.4 is 5.32 Å². The highest BCUT2D eigenvalue weighted by molar-refractivity contribution is 7.99. The summed E-state index contributed by atoms with van der Waals surface area (Å²) < 4.78 is 15.9. The Morgan fingerprint density at radius 1 is 1.21 bits per heavy atom. The highest BCUT2D eigenvalue weighted by Gasteiger charge is 2.42.